The van der Waals surface area contributed by atoms with Gasteiger partial charge in [-0.25, -0.2) is 5.01 Å². The summed E-state index contributed by atoms with van der Waals surface area (Å²) in [5.74, 6) is 0.346. The first-order chi connectivity index (χ1) is 10.2. The molecule has 2 saturated heterocycles. The molecule has 1 N–H and O–H groups in total. The molecule has 0 radical (unpaired) electrons. The van der Waals surface area contributed by atoms with Crippen molar-refractivity contribution in [3.05, 3.63) is 35.9 Å². The maximum absolute atomic E-state index is 12.2. The Morgan fingerprint density at radius 2 is 2.24 bits per heavy atom. The highest BCUT2D eigenvalue weighted by atomic mass is 16.5. The highest BCUT2D eigenvalue weighted by Crippen LogP contribution is 2.22. The fraction of sp³-hybridized carbons (Fsp3) is 0.357. The molecule has 1 unspecified atom stereocenters. The fourth-order valence-electron chi connectivity index (χ4n) is 2.78. The van der Waals surface area contributed by atoms with Gasteiger partial charge in [0.25, 0.3) is 5.91 Å². The van der Waals surface area contributed by atoms with Crippen molar-refractivity contribution < 1.29 is 14.3 Å². The molecule has 2 fully saturated rings. The van der Waals surface area contributed by atoms with Crippen molar-refractivity contribution in [1.82, 2.24) is 15.3 Å². The van der Waals surface area contributed by atoms with Crippen LogP contribution in [-0.4, -0.2) is 59.7 Å². The predicted molar refractivity (Wildman–Crippen MR) is 73.9 cm³/mol. The fourth-order valence-corrected chi connectivity index (χ4v) is 2.78. The van der Waals surface area contributed by atoms with E-state index in [9.17, 15) is 9.59 Å². The number of hydrogen-bond acceptors (Lipinski definition) is 6. The summed E-state index contributed by atoms with van der Waals surface area (Å²) in [6.45, 7) is 2.29. The van der Waals surface area contributed by atoms with E-state index in [2.05, 4.69) is 10.3 Å². The van der Waals surface area contributed by atoms with Crippen LogP contribution in [0, 0.1) is 0 Å². The highest BCUT2D eigenvalue weighted by Gasteiger charge is 2.38. The van der Waals surface area contributed by atoms with E-state index in [4.69, 9.17) is 4.74 Å². The number of morpholine rings is 1. The first-order valence-electron chi connectivity index (χ1n) is 6.89. The van der Waals surface area contributed by atoms with Crippen molar-refractivity contribution in [2.24, 2.45) is 4.99 Å². The van der Waals surface area contributed by atoms with Gasteiger partial charge in [-0.05, 0) is 6.08 Å². The lowest BCUT2D eigenvalue weighted by Gasteiger charge is -2.23. The number of carbonyl (C=O) groups is 2. The summed E-state index contributed by atoms with van der Waals surface area (Å²) in [4.78, 5) is 28.6. The molecule has 21 heavy (non-hydrogen) atoms. The third-order valence-electron chi connectivity index (χ3n) is 3.80. The largest absolute Gasteiger partial charge is 0.490 e. The molecule has 7 heteroatoms. The number of ketones is 1. The molecule has 0 aromatic rings. The second-order valence-electron chi connectivity index (χ2n) is 5.16. The zero-order chi connectivity index (χ0) is 14.4. The van der Waals surface area contributed by atoms with E-state index in [-0.39, 0.29) is 17.4 Å². The van der Waals surface area contributed by atoms with Crippen LogP contribution in [0.25, 0.3) is 0 Å². The number of rotatable bonds is 1. The lowest BCUT2D eigenvalue weighted by Crippen LogP contribution is -2.33. The maximum Gasteiger partial charge on any atom is 0.268 e. The topological polar surface area (TPSA) is 74.2 Å². The summed E-state index contributed by atoms with van der Waals surface area (Å²) in [5.41, 5.74) is 0.970. The second kappa shape index (κ2) is 4.47. The van der Waals surface area contributed by atoms with Crippen LogP contribution in [0.15, 0.2) is 40.9 Å². The minimum Gasteiger partial charge on any atom is -0.490 e. The molecule has 0 spiro atoms. The van der Waals surface area contributed by atoms with Crippen molar-refractivity contribution >= 4 is 17.4 Å². The Morgan fingerprint density at radius 3 is 3.10 bits per heavy atom. The van der Waals surface area contributed by atoms with Gasteiger partial charge in [0.2, 0.25) is 5.78 Å². The lowest BCUT2D eigenvalue weighted by atomic mass is 10.1. The number of nitrogens with zero attached hydrogens (tertiary/aromatic N) is 3. The van der Waals surface area contributed by atoms with Crippen LogP contribution in [0.5, 0.6) is 0 Å². The van der Waals surface area contributed by atoms with E-state index in [1.807, 2.05) is 17.3 Å². The Kier molecular flexibility index (Phi) is 2.60. The van der Waals surface area contributed by atoms with Crippen LogP contribution in [-0.2, 0) is 14.3 Å². The first-order valence-corrected chi connectivity index (χ1v) is 6.89. The van der Waals surface area contributed by atoms with E-state index in [1.54, 1.807) is 11.1 Å². The highest BCUT2D eigenvalue weighted by molar-refractivity contribution is 6.49. The number of ether oxygens (including phenoxy) is 1. The molecule has 4 aliphatic rings. The normalized spacial score (nSPS) is 29.0. The minimum absolute atomic E-state index is 0.0730. The molecule has 1 amide bonds. The molecule has 3 aliphatic heterocycles. The van der Waals surface area contributed by atoms with Gasteiger partial charge in [0.05, 0.1) is 18.8 Å². The minimum atomic E-state index is -0.530. The van der Waals surface area contributed by atoms with Crippen molar-refractivity contribution in [3.63, 3.8) is 0 Å². The summed E-state index contributed by atoms with van der Waals surface area (Å²) < 4.78 is 5.51. The molecule has 0 aromatic heterocycles. The summed E-state index contributed by atoms with van der Waals surface area (Å²) in [7, 11) is 0. The average molecular weight is 286 g/mol. The van der Waals surface area contributed by atoms with E-state index < -0.39 is 6.04 Å². The molecule has 0 aromatic carbocycles. The summed E-state index contributed by atoms with van der Waals surface area (Å²) in [6, 6.07) is -0.530. The van der Waals surface area contributed by atoms with Crippen LogP contribution < -0.4 is 5.32 Å². The van der Waals surface area contributed by atoms with E-state index in [1.165, 1.54) is 6.08 Å². The third kappa shape index (κ3) is 1.93. The molecule has 4 rings (SSSR count). The van der Waals surface area contributed by atoms with Gasteiger partial charge in [-0.3, -0.25) is 19.6 Å². The van der Waals surface area contributed by atoms with Crippen molar-refractivity contribution in [1.29, 1.82) is 0 Å². The number of hydrazine groups is 1. The molecule has 7 nitrogen and oxygen atoms in total. The monoisotopic (exact) mass is 286 g/mol. The summed E-state index contributed by atoms with van der Waals surface area (Å²) >= 11 is 0. The van der Waals surface area contributed by atoms with Gasteiger partial charge in [0.15, 0.2) is 6.04 Å². The number of nitrogens with one attached hydrogen (secondary N) is 1. The van der Waals surface area contributed by atoms with E-state index in [0.29, 0.717) is 37.7 Å². The van der Waals surface area contributed by atoms with Crippen LogP contribution in [0.2, 0.25) is 0 Å². The number of hydrogen-bond donors (Lipinski definition) is 1. The SMILES string of the molecule is O=C1C=C2NCCOC2=CC1=NC1CN2C=CCN2C1=O. The van der Waals surface area contributed by atoms with Gasteiger partial charge in [0, 0.05) is 24.9 Å². The average Bonchev–Trinajstić information content (AvgIpc) is 3.04. The van der Waals surface area contributed by atoms with Gasteiger partial charge in [-0.1, -0.05) is 0 Å². The van der Waals surface area contributed by atoms with Crippen LogP contribution in [0.1, 0.15) is 0 Å². The molecule has 108 valence electrons. The standard InChI is InChI=1S/C14H14N4O3/c19-12-6-10-13(21-5-2-15-10)7-9(12)16-11-8-17-3-1-4-18(17)14(11)20/h1,3,6-7,11,15H,2,4-5,8H2. The molecule has 0 saturated carbocycles. The van der Waals surface area contributed by atoms with Gasteiger partial charge in [-0.2, -0.15) is 0 Å². The third-order valence-corrected chi connectivity index (χ3v) is 3.80. The quantitative estimate of drug-likeness (QED) is 0.649. The number of fused-ring (bicyclic) bond motifs is 2. The van der Waals surface area contributed by atoms with Gasteiger partial charge in [-0.15, -0.1) is 0 Å². The Morgan fingerprint density at radius 1 is 1.33 bits per heavy atom. The van der Waals surface area contributed by atoms with Gasteiger partial charge < -0.3 is 10.1 Å². The number of carbonyl (C=O) groups excluding carboxylic acids is 2. The summed E-state index contributed by atoms with van der Waals surface area (Å²) in [5, 5.41) is 6.57. The summed E-state index contributed by atoms with van der Waals surface area (Å²) in [6.07, 6.45) is 6.89. The van der Waals surface area contributed by atoms with Crippen molar-refractivity contribution in [2.45, 2.75) is 6.04 Å². The maximum atomic E-state index is 12.2. The first kappa shape index (κ1) is 12.2. The van der Waals surface area contributed by atoms with Crippen molar-refractivity contribution in [2.75, 3.05) is 26.2 Å². The molecule has 3 heterocycles. The smallest absolute Gasteiger partial charge is 0.268 e. The Hall–Kier alpha value is -2.57. The zero-order valence-electron chi connectivity index (χ0n) is 11.3. The second-order valence-corrected chi connectivity index (χ2v) is 5.16. The Balaban J connectivity index is 1.60. The molecule has 1 aliphatic carbocycles. The molecule has 1 atom stereocenters. The zero-order valence-corrected chi connectivity index (χ0v) is 11.3. The van der Waals surface area contributed by atoms with Crippen LogP contribution in [0.4, 0.5) is 0 Å². The molecular weight excluding hydrogens is 272 g/mol. The van der Waals surface area contributed by atoms with E-state index >= 15 is 0 Å². The Labute approximate surface area is 121 Å². The van der Waals surface area contributed by atoms with E-state index in [0.717, 1.165) is 0 Å². The van der Waals surface area contributed by atoms with Crippen LogP contribution in [0.3, 0.4) is 0 Å². The predicted octanol–water partition coefficient (Wildman–Crippen LogP) is -0.647. The number of amides is 1. The van der Waals surface area contributed by atoms with Crippen molar-refractivity contribution in [3.8, 4) is 0 Å². The number of aliphatic imine (C=N–C) groups is 1. The molecule has 0 bridgehead atoms. The lowest BCUT2D eigenvalue weighted by molar-refractivity contribution is -0.134. The van der Waals surface area contributed by atoms with Crippen LogP contribution >= 0.6 is 0 Å². The number of allylic oxidation sites excluding steroid dienone is 2. The molecular formula is C14H14N4O3. The Bertz CT molecular complexity index is 647. The van der Waals surface area contributed by atoms with Gasteiger partial charge in [0.1, 0.15) is 18.1 Å². The van der Waals surface area contributed by atoms with Gasteiger partial charge >= 0.3 is 0 Å².